The largest absolute Gasteiger partial charge is 0.391 e. The molecule has 3 heteroatoms. The van der Waals surface area contributed by atoms with Crippen LogP contribution in [0.3, 0.4) is 0 Å². The molecule has 0 saturated heterocycles. The number of hydrogen-bond donors (Lipinski definition) is 2. The van der Waals surface area contributed by atoms with Crippen LogP contribution < -0.4 is 5.73 Å². The highest BCUT2D eigenvalue weighted by Crippen LogP contribution is 2.19. The summed E-state index contributed by atoms with van der Waals surface area (Å²) in [7, 11) is 0. The van der Waals surface area contributed by atoms with Crippen LogP contribution in [0, 0.1) is 0 Å². The van der Waals surface area contributed by atoms with Gasteiger partial charge in [-0.25, -0.2) is 0 Å². The van der Waals surface area contributed by atoms with E-state index < -0.39 is 0 Å². The van der Waals surface area contributed by atoms with Gasteiger partial charge in [-0.05, 0) is 32.1 Å². The van der Waals surface area contributed by atoms with Crippen LogP contribution >= 0.6 is 0 Å². The van der Waals surface area contributed by atoms with Gasteiger partial charge < -0.3 is 15.6 Å². The van der Waals surface area contributed by atoms with E-state index in [9.17, 15) is 5.11 Å². The van der Waals surface area contributed by atoms with Crippen LogP contribution in [0.25, 0.3) is 0 Å². The number of aliphatic hydroxyl groups excluding tert-OH is 1. The summed E-state index contributed by atoms with van der Waals surface area (Å²) in [5.74, 6) is 0. The molecule has 1 unspecified atom stereocenters. The molecular formula is C10H21NO2. The average Bonchev–Trinajstić information content (AvgIpc) is 2.16. The lowest BCUT2D eigenvalue weighted by Gasteiger charge is -2.26. The van der Waals surface area contributed by atoms with Gasteiger partial charge in [0.15, 0.2) is 0 Å². The average molecular weight is 187 g/mol. The highest BCUT2D eigenvalue weighted by atomic mass is 16.5. The van der Waals surface area contributed by atoms with Crippen LogP contribution in [0.1, 0.15) is 39.0 Å². The molecule has 0 aliphatic heterocycles. The summed E-state index contributed by atoms with van der Waals surface area (Å²) in [5.41, 5.74) is 5.77. The predicted molar refractivity (Wildman–Crippen MR) is 52.5 cm³/mol. The first kappa shape index (κ1) is 11.0. The molecule has 1 aliphatic carbocycles. The predicted octanol–water partition coefficient (Wildman–Crippen LogP) is 1.04. The van der Waals surface area contributed by atoms with Crippen molar-refractivity contribution >= 4 is 0 Å². The van der Waals surface area contributed by atoms with Crippen molar-refractivity contribution in [1.82, 2.24) is 0 Å². The molecule has 1 aliphatic rings. The standard InChI is InChI=1S/C10H21NO2/c1-2-9(12)7-13-10-5-3-8(11)4-6-10/h8-10,12H,2-7,11H2,1H3. The number of rotatable bonds is 4. The number of hydrogen-bond acceptors (Lipinski definition) is 3. The number of ether oxygens (including phenoxy) is 1. The third-order valence-corrected chi connectivity index (χ3v) is 2.71. The van der Waals surface area contributed by atoms with Crippen LogP contribution in [-0.2, 0) is 4.74 Å². The minimum Gasteiger partial charge on any atom is -0.391 e. The summed E-state index contributed by atoms with van der Waals surface area (Å²) >= 11 is 0. The molecule has 0 aromatic rings. The van der Waals surface area contributed by atoms with Gasteiger partial charge >= 0.3 is 0 Å². The molecule has 0 aromatic heterocycles. The van der Waals surface area contributed by atoms with Gasteiger partial charge in [0.1, 0.15) is 0 Å². The third-order valence-electron chi connectivity index (χ3n) is 2.71. The summed E-state index contributed by atoms with van der Waals surface area (Å²) in [6.07, 6.45) is 5.04. The molecule has 0 radical (unpaired) electrons. The lowest BCUT2D eigenvalue weighted by molar-refractivity contribution is -0.0261. The van der Waals surface area contributed by atoms with Crippen molar-refractivity contribution in [2.75, 3.05) is 6.61 Å². The molecule has 1 rings (SSSR count). The topological polar surface area (TPSA) is 55.5 Å². The van der Waals surface area contributed by atoms with Crippen LogP contribution in [0.2, 0.25) is 0 Å². The lowest BCUT2D eigenvalue weighted by Crippen LogP contribution is -2.31. The fourth-order valence-electron chi connectivity index (χ4n) is 1.62. The second-order valence-electron chi connectivity index (χ2n) is 3.93. The first-order valence-electron chi connectivity index (χ1n) is 5.27. The van der Waals surface area contributed by atoms with E-state index in [1.807, 2.05) is 6.92 Å². The number of nitrogens with two attached hydrogens (primary N) is 1. The van der Waals surface area contributed by atoms with Crippen LogP contribution in [0.15, 0.2) is 0 Å². The monoisotopic (exact) mass is 187 g/mol. The van der Waals surface area contributed by atoms with Crippen molar-refractivity contribution in [2.45, 2.75) is 57.3 Å². The normalized spacial score (nSPS) is 31.6. The van der Waals surface area contributed by atoms with Crippen molar-refractivity contribution in [3.05, 3.63) is 0 Å². The Morgan fingerprint density at radius 1 is 1.38 bits per heavy atom. The Balaban J connectivity index is 2.08. The molecule has 3 N–H and O–H groups in total. The second kappa shape index (κ2) is 5.58. The van der Waals surface area contributed by atoms with Crippen molar-refractivity contribution in [2.24, 2.45) is 5.73 Å². The second-order valence-corrected chi connectivity index (χ2v) is 3.93. The molecular weight excluding hydrogens is 166 g/mol. The fraction of sp³-hybridized carbons (Fsp3) is 1.00. The summed E-state index contributed by atoms with van der Waals surface area (Å²) in [4.78, 5) is 0. The van der Waals surface area contributed by atoms with E-state index in [4.69, 9.17) is 10.5 Å². The molecule has 0 aromatic carbocycles. The zero-order valence-corrected chi connectivity index (χ0v) is 8.41. The van der Waals surface area contributed by atoms with Gasteiger partial charge in [-0.2, -0.15) is 0 Å². The van der Waals surface area contributed by atoms with Crippen LogP contribution in [0.5, 0.6) is 0 Å². The highest BCUT2D eigenvalue weighted by Gasteiger charge is 2.19. The maximum absolute atomic E-state index is 9.29. The Morgan fingerprint density at radius 2 is 2.00 bits per heavy atom. The fourth-order valence-corrected chi connectivity index (χ4v) is 1.62. The van der Waals surface area contributed by atoms with E-state index >= 15 is 0 Å². The Hall–Kier alpha value is -0.120. The van der Waals surface area contributed by atoms with Crippen molar-refractivity contribution in [3.8, 4) is 0 Å². The van der Waals surface area contributed by atoms with E-state index in [2.05, 4.69) is 0 Å². The van der Waals surface area contributed by atoms with E-state index in [0.29, 0.717) is 18.8 Å². The molecule has 0 spiro atoms. The molecule has 0 heterocycles. The summed E-state index contributed by atoms with van der Waals surface area (Å²) in [6.45, 7) is 2.45. The van der Waals surface area contributed by atoms with Gasteiger partial charge in [-0.1, -0.05) is 6.92 Å². The minimum absolute atomic E-state index is 0.296. The van der Waals surface area contributed by atoms with Gasteiger partial charge in [0.25, 0.3) is 0 Å². The molecule has 78 valence electrons. The number of aliphatic hydroxyl groups is 1. The smallest absolute Gasteiger partial charge is 0.0771 e. The van der Waals surface area contributed by atoms with Gasteiger partial charge in [0, 0.05) is 6.04 Å². The van der Waals surface area contributed by atoms with Crippen molar-refractivity contribution < 1.29 is 9.84 Å². The van der Waals surface area contributed by atoms with E-state index in [1.54, 1.807) is 0 Å². The first-order chi connectivity index (χ1) is 6.22. The van der Waals surface area contributed by atoms with Gasteiger partial charge in [-0.3, -0.25) is 0 Å². The molecule has 1 fully saturated rings. The lowest BCUT2D eigenvalue weighted by atomic mass is 9.94. The molecule has 1 atom stereocenters. The van der Waals surface area contributed by atoms with E-state index in [1.165, 1.54) is 0 Å². The summed E-state index contributed by atoms with van der Waals surface area (Å²) < 4.78 is 5.58. The highest BCUT2D eigenvalue weighted by molar-refractivity contribution is 4.74. The molecule has 1 saturated carbocycles. The quantitative estimate of drug-likeness (QED) is 0.691. The minimum atomic E-state index is -0.296. The third kappa shape index (κ3) is 4.07. The van der Waals surface area contributed by atoms with E-state index in [-0.39, 0.29) is 6.10 Å². The first-order valence-corrected chi connectivity index (χ1v) is 5.27. The van der Waals surface area contributed by atoms with E-state index in [0.717, 1.165) is 32.1 Å². The van der Waals surface area contributed by atoms with Gasteiger partial charge in [0.05, 0.1) is 18.8 Å². The van der Waals surface area contributed by atoms with Crippen LogP contribution in [-0.4, -0.2) is 30.0 Å². The molecule has 0 amide bonds. The summed E-state index contributed by atoms with van der Waals surface area (Å²) in [5, 5.41) is 9.29. The Morgan fingerprint density at radius 3 is 2.54 bits per heavy atom. The Bertz CT molecular complexity index is 133. The molecule has 13 heavy (non-hydrogen) atoms. The maximum Gasteiger partial charge on any atom is 0.0771 e. The zero-order valence-electron chi connectivity index (χ0n) is 8.41. The molecule has 0 bridgehead atoms. The van der Waals surface area contributed by atoms with Crippen molar-refractivity contribution in [3.63, 3.8) is 0 Å². The Kier molecular flexibility index (Phi) is 4.70. The summed E-state index contributed by atoms with van der Waals surface area (Å²) in [6, 6.07) is 0.371. The zero-order chi connectivity index (χ0) is 9.68. The van der Waals surface area contributed by atoms with Crippen LogP contribution in [0.4, 0.5) is 0 Å². The van der Waals surface area contributed by atoms with Gasteiger partial charge in [-0.15, -0.1) is 0 Å². The Labute approximate surface area is 80.3 Å². The van der Waals surface area contributed by atoms with Crippen molar-refractivity contribution in [1.29, 1.82) is 0 Å². The SMILES string of the molecule is CCC(O)COC1CCC(N)CC1. The maximum atomic E-state index is 9.29. The molecule has 3 nitrogen and oxygen atoms in total. The van der Waals surface area contributed by atoms with Gasteiger partial charge in [0.2, 0.25) is 0 Å².